The van der Waals surface area contributed by atoms with Crippen molar-refractivity contribution in [2.75, 3.05) is 13.2 Å². The van der Waals surface area contributed by atoms with Crippen molar-refractivity contribution in [1.29, 1.82) is 0 Å². The van der Waals surface area contributed by atoms with E-state index >= 15 is 0 Å². The van der Waals surface area contributed by atoms with E-state index in [1.165, 1.54) is 17.5 Å². The number of H-pyrrole nitrogens is 1. The van der Waals surface area contributed by atoms with Crippen LogP contribution in [0.1, 0.15) is 11.3 Å². The number of amides is 1. The van der Waals surface area contributed by atoms with Crippen molar-refractivity contribution in [3.8, 4) is 5.75 Å². The first-order valence-electron chi connectivity index (χ1n) is 7.83. The Morgan fingerprint density at radius 3 is 2.92 bits per heavy atom. The SMILES string of the molecule is Cc1cc2cc(CCNC(=O)COc3cccc(F)c3)ccc2[nH]1. The molecule has 1 amide bonds. The Morgan fingerprint density at radius 2 is 2.08 bits per heavy atom. The first-order valence-corrected chi connectivity index (χ1v) is 7.83. The van der Waals surface area contributed by atoms with E-state index in [1.807, 2.05) is 19.1 Å². The molecule has 24 heavy (non-hydrogen) atoms. The molecule has 0 aliphatic rings. The zero-order valence-electron chi connectivity index (χ0n) is 13.4. The van der Waals surface area contributed by atoms with Crippen LogP contribution in [0.15, 0.2) is 48.5 Å². The van der Waals surface area contributed by atoms with E-state index in [9.17, 15) is 9.18 Å². The zero-order chi connectivity index (χ0) is 16.9. The molecule has 3 aromatic rings. The lowest BCUT2D eigenvalue weighted by molar-refractivity contribution is -0.123. The van der Waals surface area contributed by atoms with Crippen LogP contribution in [0.5, 0.6) is 5.75 Å². The minimum Gasteiger partial charge on any atom is -0.484 e. The monoisotopic (exact) mass is 326 g/mol. The first-order chi connectivity index (χ1) is 11.6. The summed E-state index contributed by atoms with van der Waals surface area (Å²) < 4.78 is 18.3. The largest absolute Gasteiger partial charge is 0.484 e. The van der Waals surface area contributed by atoms with Crippen molar-refractivity contribution in [1.82, 2.24) is 10.3 Å². The molecule has 0 fully saturated rings. The number of carbonyl (C=O) groups is 1. The smallest absolute Gasteiger partial charge is 0.257 e. The molecule has 0 aliphatic heterocycles. The highest BCUT2D eigenvalue weighted by atomic mass is 19.1. The fourth-order valence-corrected chi connectivity index (χ4v) is 2.59. The van der Waals surface area contributed by atoms with Crippen molar-refractivity contribution < 1.29 is 13.9 Å². The summed E-state index contributed by atoms with van der Waals surface area (Å²) in [6.45, 7) is 2.43. The molecule has 0 saturated heterocycles. The van der Waals surface area contributed by atoms with Gasteiger partial charge in [-0.25, -0.2) is 4.39 Å². The van der Waals surface area contributed by atoms with Gasteiger partial charge in [-0.1, -0.05) is 12.1 Å². The summed E-state index contributed by atoms with van der Waals surface area (Å²) >= 11 is 0. The number of rotatable bonds is 6. The maximum atomic E-state index is 13.0. The number of aromatic nitrogens is 1. The van der Waals surface area contributed by atoms with Gasteiger partial charge < -0.3 is 15.0 Å². The molecule has 2 aromatic carbocycles. The molecule has 1 heterocycles. The second-order valence-corrected chi connectivity index (χ2v) is 5.72. The molecule has 0 bridgehead atoms. The predicted octanol–water partition coefficient (Wildman–Crippen LogP) is 3.35. The van der Waals surface area contributed by atoms with E-state index in [0.717, 1.165) is 23.2 Å². The summed E-state index contributed by atoms with van der Waals surface area (Å²) in [6, 6.07) is 14.1. The number of hydrogen-bond acceptors (Lipinski definition) is 2. The van der Waals surface area contributed by atoms with Crippen LogP contribution in [0, 0.1) is 12.7 Å². The molecule has 0 spiro atoms. The van der Waals surface area contributed by atoms with Gasteiger partial charge in [0.2, 0.25) is 0 Å². The number of benzene rings is 2. The maximum Gasteiger partial charge on any atom is 0.257 e. The van der Waals surface area contributed by atoms with Crippen molar-refractivity contribution in [2.24, 2.45) is 0 Å². The molecular formula is C19H19FN2O2. The van der Waals surface area contributed by atoms with Crippen molar-refractivity contribution in [3.63, 3.8) is 0 Å². The first kappa shape index (κ1) is 16.1. The van der Waals surface area contributed by atoms with Crippen LogP contribution in [-0.4, -0.2) is 24.0 Å². The third-order valence-electron chi connectivity index (χ3n) is 3.72. The number of hydrogen-bond donors (Lipinski definition) is 2. The maximum absolute atomic E-state index is 13.0. The van der Waals surface area contributed by atoms with Gasteiger partial charge in [-0.15, -0.1) is 0 Å². The molecule has 4 nitrogen and oxygen atoms in total. The lowest BCUT2D eigenvalue weighted by atomic mass is 10.1. The van der Waals surface area contributed by atoms with E-state index in [4.69, 9.17) is 4.74 Å². The molecule has 5 heteroatoms. The highest BCUT2D eigenvalue weighted by Crippen LogP contribution is 2.17. The van der Waals surface area contributed by atoms with Crippen LogP contribution in [0.25, 0.3) is 10.9 Å². The number of aryl methyl sites for hydroxylation is 1. The molecule has 0 aliphatic carbocycles. The van der Waals surface area contributed by atoms with Gasteiger partial charge in [0.05, 0.1) is 0 Å². The standard InChI is InChI=1S/C19H19FN2O2/c1-13-9-15-10-14(5-6-18(15)22-13)7-8-21-19(23)12-24-17-4-2-3-16(20)11-17/h2-6,9-11,22H,7-8,12H2,1H3,(H,21,23). The average molecular weight is 326 g/mol. The topological polar surface area (TPSA) is 54.1 Å². The van der Waals surface area contributed by atoms with Gasteiger partial charge in [-0.05, 0) is 54.6 Å². The predicted molar refractivity (Wildman–Crippen MR) is 91.6 cm³/mol. The number of fused-ring (bicyclic) bond motifs is 1. The van der Waals surface area contributed by atoms with Crippen LogP contribution in [0.2, 0.25) is 0 Å². The van der Waals surface area contributed by atoms with Gasteiger partial charge in [-0.3, -0.25) is 4.79 Å². The normalized spacial score (nSPS) is 10.8. The Balaban J connectivity index is 1.45. The Morgan fingerprint density at radius 1 is 1.21 bits per heavy atom. The molecule has 0 saturated carbocycles. The van der Waals surface area contributed by atoms with E-state index in [-0.39, 0.29) is 18.3 Å². The van der Waals surface area contributed by atoms with Crippen LogP contribution >= 0.6 is 0 Å². The number of carbonyl (C=O) groups excluding carboxylic acids is 1. The van der Waals surface area contributed by atoms with Crippen LogP contribution in [0.3, 0.4) is 0 Å². The Labute approximate surface area is 139 Å². The highest BCUT2D eigenvalue weighted by molar-refractivity contribution is 5.81. The molecule has 0 atom stereocenters. The Kier molecular flexibility index (Phi) is 4.79. The van der Waals surface area contributed by atoms with E-state index in [0.29, 0.717) is 12.3 Å². The molecule has 124 valence electrons. The number of nitrogens with one attached hydrogen (secondary N) is 2. The highest BCUT2D eigenvalue weighted by Gasteiger charge is 2.04. The van der Waals surface area contributed by atoms with E-state index in [1.54, 1.807) is 12.1 Å². The van der Waals surface area contributed by atoms with Crippen LogP contribution in [-0.2, 0) is 11.2 Å². The summed E-state index contributed by atoms with van der Waals surface area (Å²) in [5, 5.41) is 3.98. The molecular weight excluding hydrogens is 307 g/mol. The second kappa shape index (κ2) is 7.17. The van der Waals surface area contributed by atoms with Gasteiger partial charge in [-0.2, -0.15) is 0 Å². The summed E-state index contributed by atoms with van der Waals surface area (Å²) in [5.41, 5.74) is 3.40. The van der Waals surface area contributed by atoms with Crippen molar-refractivity contribution in [2.45, 2.75) is 13.3 Å². The lowest BCUT2D eigenvalue weighted by Crippen LogP contribution is -2.30. The second-order valence-electron chi connectivity index (χ2n) is 5.72. The quantitative estimate of drug-likeness (QED) is 0.730. The zero-order valence-corrected chi connectivity index (χ0v) is 13.4. The third kappa shape index (κ3) is 4.13. The van der Waals surface area contributed by atoms with Crippen molar-refractivity contribution >= 4 is 16.8 Å². The van der Waals surface area contributed by atoms with E-state index < -0.39 is 0 Å². The summed E-state index contributed by atoms with van der Waals surface area (Å²) in [5.74, 6) is -0.264. The Bertz CT molecular complexity index is 857. The Hall–Kier alpha value is -2.82. The molecule has 2 N–H and O–H groups in total. The van der Waals surface area contributed by atoms with Gasteiger partial charge >= 0.3 is 0 Å². The minimum absolute atomic E-state index is 0.126. The van der Waals surface area contributed by atoms with Crippen LogP contribution in [0.4, 0.5) is 4.39 Å². The summed E-state index contributed by atoms with van der Waals surface area (Å²) in [7, 11) is 0. The van der Waals surface area contributed by atoms with Crippen LogP contribution < -0.4 is 10.1 Å². The fourth-order valence-electron chi connectivity index (χ4n) is 2.59. The van der Waals surface area contributed by atoms with Crippen molar-refractivity contribution in [3.05, 3.63) is 65.6 Å². The molecule has 1 aromatic heterocycles. The van der Waals surface area contributed by atoms with E-state index in [2.05, 4.69) is 22.4 Å². The third-order valence-corrected chi connectivity index (χ3v) is 3.72. The molecule has 3 rings (SSSR count). The van der Waals surface area contributed by atoms with Gasteiger partial charge in [0, 0.05) is 23.8 Å². The van der Waals surface area contributed by atoms with Gasteiger partial charge in [0.25, 0.3) is 5.91 Å². The lowest BCUT2D eigenvalue weighted by Gasteiger charge is -2.08. The number of aromatic amines is 1. The fraction of sp³-hybridized carbons (Fsp3) is 0.211. The minimum atomic E-state index is -0.386. The molecule has 0 unspecified atom stereocenters. The number of halogens is 1. The van der Waals surface area contributed by atoms with Gasteiger partial charge in [0.1, 0.15) is 11.6 Å². The molecule has 0 radical (unpaired) electrons. The summed E-state index contributed by atoms with van der Waals surface area (Å²) in [4.78, 5) is 15.1. The summed E-state index contributed by atoms with van der Waals surface area (Å²) in [6.07, 6.45) is 0.742. The average Bonchev–Trinajstić information content (AvgIpc) is 2.92. The number of ether oxygens (including phenoxy) is 1. The van der Waals surface area contributed by atoms with Gasteiger partial charge in [0.15, 0.2) is 6.61 Å².